The van der Waals surface area contributed by atoms with E-state index in [1.54, 1.807) is 16.7 Å². The Bertz CT molecular complexity index is 756. The highest BCUT2D eigenvalue weighted by molar-refractivity contribution is 7.85. The molecule has 2 rings (SSSR count). The van der Waals surface area contributed by atoms with Gasteiger partial charge in [0.05, 0.1) is 21.4 Å². The first kappa shape index (κ1) is 15.4. The molecule has 0 saturated heterocycles. The summed E-state index contributed by atoms with van der Waals surface area (Å²) >= 11 is 0. The molecule has 0 aliphatic carbocycles. The number of rotatable bonds is 4. The van der Waals surface area contributed by atoms with E-state index in [1.165, 1.54) is 6.92 Å². The standard InChI is InChI=1S/C17H19NO2S/c1-6-14-9-15(8-7-11(14)2)21(20)17-10-16(13(4)19)18(5)12(17)3/h6-10H,1H2,2-5H3. The first-order chi connectivity index (χ1) is 9.86. The van der Waals surface area contributed by atoms with Crippen LogP contribution in [-0.2, 0) is 17.8 Å². The Morgan fingerprint density at radius 3 is 2.48 bits per heavy atom. The molecule has 1 heterocycles. The zero-order chi connectivity index (χ0) is 15.7. The molecule has 0 N–H and O–H groups in total. The number of benzene rings is 1. The maximum Gasteiger partial charge on any atom is 0.176 e. The van der Waals surface area contributed by atoms with Crippen LogP contribution in [0, 0.1) is 13.8 Å². The minimum absolute atomic E-state index is 0.0282. The van der Waals surface area contributed by atoms with Crippen molar-refractivity contribution >= 4 is 22.7 Å². The predicted molar refractivity (Wildman–Crippen MR) is 86.1 cm³/mol. The van der Waals surface area contributed by atoms with E-state index in [0.717, 1.165) is 21.7 Å². The fourth-order valence-electron chi connectivity index (χ4n) is 2.28. The van der Waals surface area contributed by atoms with Crippen LogP contribution in [0.2, 0.25) is 0 Å². The van der Waals surface area contributed by atoms with Gasteiger partial charge in [0, 0.05) is 24.6 Å². The van der Waals surface area contributed by atoms with E-state index in [0.29, 0.717) is 10.6 Å². The van der Waals surface area contributed by atoms with E-state index in [-0.39, 0.29) is 5.78 Å². The molecule has 21 heavy (non-hydrogen) atoms. The Morgan fingerprint density at radius 2 is 1.95 bits per heavy atom. The summed E-state index contributed by atoms with van der Waals surface area (Å²) in [4.78, 5) is 13.0. The van der Waals surface area contributed by atoms with E-state index < -0.39 is 10.8 Å². The van der Waals surface area contributed by atoms with E-state index in [2.05, 4.69) is 6.58 Å². The molecule has 0 radical (unpaired) electrons. The third-order valence-corrected chi connectivity index (χ3v) is 5.23. The number of hydrogen-bond acceptors (Lipinski definition) is 2. The third kappa shape index (κ3) is 2.76. The van der Waals surface area contributed by atoms with Crippen LogP contribution in [0.4, 0.5) is 0 Å². The lowest BCUT2D eigenvalue weighted by Gasteiger charge is -2.06. The van der Waals surface area contributed by atoms with Crippen molar-refractivity contribution in [2.45, 2.75) is 30.6 Å². The Balaban J connectivity index is 2.52. The van der Waals surface area contributed by atoms with Gasteiger partial charge < -0.3 is 4.57 Å². The van der Waals surface area contributed by atoms with Crippen LogP contribution in [0.15, 0.2) is 40.6 Å². The summed E-state index contributed by atoms with van der Waals surface area (Å²) < 4.78 is 14.6. The van der Waals surface area contributed by atoms with E-state index in [9.17, 15) is 9.00 Å². The minimum atomic E-state index is -1.31. The highest BCUT2D eigenvalue weighted by Crippen LogP contribution is 2.25. The molecule has 110 valence electrons. The number of Topliss-reactive ketones (excluding diaryl/α,β-unsaturated/α-hetero) is 1. The van der Waals surface area contributed by atoms with E-state index in [4.69, 9.17) is 0 Å². The lowest BCUT2D eigenvalue weighted by atomic mass is 10.1. The van der Waals surface area contributed by atoms with Crippen molar-refractivity contribution in [2.24, 2.45) is 7.05 Å². The van der Waals surface area contributed by atoms with Crippen LogP contribution in [-0.4, -0.2) is 14.6 Å². The summed E-state index contributed by atoms with van der Waals surface area (Å²) in [7, 11) is 0.511. The van der Waals surface area contributed by atoms with Gasteiger partial charge in [0.15, 0.2) is 5.78 Å². The van der Waals surface area contributed by atoms with Crippen molar-refractivity contribution in [3.05, 3.63) is 53.4 Å². The summed E-state index contributed by atoms with van der Waals surface area (Å²) in [5, 5.41) is 0. The largest absolute Gasteiger partial charge is 0.344 e. The topological polar surface area (TPSA) is 39.1 Å². The second-order valence-corrected chi connectivity index (χ2v) is 6.53. The molecular weight excluding hydrogens is 282 g/mol. The van der Waals surface area contributed by atoms with Gasteiger partial charge >= 0.3 is 0 Å². The number of carbonyl (C=O) groups excluding carboxylic acids is 1. The highest BCUT2D eigenvalue weighted by atomic mass is 32.2. The zero-order valence-corrected chi connectivity index (χ0v) is 13.6. The predicted octanol–water partition coefficient (Wildman–Crippen LogP) is 3.65. The molecule has 0 aliphatic heterocycles. The van der Waals surface area contributed by atoms with Crippen LogP contribution in [0.1, 0.15) is 34.2 Å². The van der Waals surface area contributed by atoms with Gasteiger partial charge in [0.2, 0.25) is 0 Å². The Labute approximate surface area is 127 Å². The molecular formula is C17H19NO2S. The first-order valence-electron chi connectivity index (χ1n) is 6.69. The summed E-state index contributed by atoms with van der Waals surface area (Å²) in [5.41, 5.74) is 3.49. The Kier molecular flexibility index (Phi) is 4.28. The summed E-state index contributed by atoms with van der Waals surface area (Å²) in [6, 6.07) is 7.41. The van der Waals surface area contributed by atoms with Crippen molar-refractivity contribution in [1.29, 1.82) is 0 Å². The fraction of sp³-hybridized carbons (Fsp3) is 0.235. The second-order valence-electron chi connectivity index (χ2n) is 5.09. The summed E-state index contributed by atoms with van der Waals surface area (Å²) in [5.74, 6) is -0.0282. The summed E-state index contributed by atoms with van der Waals surface area (Å²) in [6.07, 6.45) is 1.76. The lowest BCUT2D eigenvalue weighted by Crippen LogP contribution is -2.02. The first-order valence-corrected chi connectivity index (χ1v) is 7.84. The van der Waals surface area contributed by atoms with Gasteiger partial charge in [0.1, 0.15) is 0 Å². The number of aromatic nitrogens is 1. The molecule has 0 saturated carbocycles. The zero-order valence-electron chi connectivity index (χ0n) is 12.8. The number of ketones is 1. The molecule has 1 atom stereocenters. The lowest BCUT2D eigenvalue weighted by molar-refractivity contribution is 0.101. The van der Waals surface area contributed by atoms with Crippen molar-refractivity contribution in [3.63, 3.8) is 0 Å². The quantitative estimate of drug-likeness (QED) is 0.809. The van der Waals surface area contributed by atoms with Gasteiger partial charge in [-0.3, -0.25) is 4.79 Å². The average molecular weight is 301 g/mol. The molecule has 0 aliphatic rings. The van der Waals surface area contributed by atoms with Gasteiger partial charge in [0.25, 0.3) is 0 Å². The number of aryl methyl sites for hydroxylation is 1. The molecule has 1 aromatic heterocycles. The average Bonchev–Trinajstić information content (AvgIpc) is 2.75. The highest BCUT2D eigenvalue weighted by Gasteiger charge is 2.18. The van der Waals surface area contributed by atoms with Crippen molar-refractivity contribution < 1.29 is 9.00 Å². The van der Waals surface area contributed by atoms with Crippen LogP contribution < -0.4 is 0 Å². The normalized spacial score (nSPS) is 12.2. The maximum atomic E-state index is 12.8. The monoisotopic (exact) mass is 301 g/mol. The maximum absolute atomic E-state index is 12.8. The molecule has 0 fully saturated rings. The SMILES string of the molecule is C=Cc1cc(S(=O)c2cc(C(C)=O)n(C)c2C)ccc1C. The summed E-state index contributed by atoms with van der Waals surface area (Å²) in [6.45, 7) is 9.16. The molecule has 0 spiro atoms. The molecule has 0 amide bonds. The van der Waals surface area contributed by atoms with Crippen LogP contribution >= 0.6 is 0 Å². The fourth-order valence-corrected chi connectivity index (χ4v) is 3.58. The van der Waals surface area contributed by atoms with Gasteiger partial charge in [-0.25, -0.2) is 4.21 Å². The third-order valence-electron chi connectivity index (χ3n) is 3.73. The molecule has 1 aromatic carbocycles. The number of carbonyl (C=O) groups is 1. The molecule has 0 bridgehead atoms. The van der Waals surface area contributed by atoms with Crippen molar-refractivity contribution in [1.82, 2.24) is 4.57 Å². The van der Waals surface area contributed by atoms with E-state index >= 15 is 0 Å². The van der Waals surface area contributed by atoms with Gasteiger partial charge in [-0.05, 0) is 43.2 Å². The van der Waals surface area contributed by atoms with Gasteiger partial charge in [-0.15, -0.1) is 0 Å². The van der Waals surface area contributed by atoms with Crippen molar-refractivity contribution in [2.75, 3.05) is 0 Å². The molecule has 4 heteroatoms. The Morgan fingerprint density at radius 1 is 1.29 bits per heavy atom. The Hall–Kier alpha value is -1.94. The van der Waals surface area contributed by atoms with Crippen LogP contribution in [0.25, 0.3) is 6.08 Å². The smallest absolute Gasteiger partial charge is 0.176 e. The molecule has 3 nitrogen and oxygen atoms in total. The van der Waals surface area contributed by atoms with Crippen molar-refractivity contribution in [3.8, 4) is 0 Å². The molecule has 1 unspecified atom stereocenters. The number of hydrogen-bond donors (Lipinski definition) is 0. The molecule has 2 aromatic rings. The van der Waals surface area contributed by atoms with E-state index in [1.807, 2.05) is 39.1 Å². The second kappa shape index (κ2) is 5.82. The van der Waals surface area contributed by atoms with Crippen LogP contribution in [0.5, 0.6) is 0 Å². The van der Waals surface area contributed by atoms with Gasteiger partial charge in [-0.2, -0.15) is 0 Å². The van der Waals surface area contributed by atoms with Crippen LogP contribution in [0.3, 0.4) is 0 Å². The van der Waals surface area contributed by atoms with Gasteiger partial charge in [-0.1, -0.05) is 18.7 Å². The number of nitrogens with zero attached hydrogens (tertiary/aromatic N) is 1. The minimum Gasteiger partial charge on any atom is -0.344 e.